The molecule has 0 saturated heterocycles. The monoisotopic (exact) mass is 516 g/mol. The molecule has 8 nitrogen and oxygen atoms in total. The Balaban J connectivity index is 0. The molecule has 0 aromatic rings. The maximum absolute atomic E-state index is 11.6. The van der Waals surface area contributed by atoms with E-state index in [9.17, 15) is 19.2 Å². The van der Waals surface area contributed by atoms with E-state index in [1.54, 1.807) is 0 Å². The van der Waals surface area contributed by atoms with Crippen LogP contribution in [-0.4, -0.2) is 23.9 Å². The van der Waals surface area contributed by atoms with Crippen LogP contribution < -0.4 is 0 Å². The van der Waals surface area contributed by atoms with Crippen LogP contribution in [-0.2, 0) is 38.7 Å². The normalized spacial score (nSPS) is 10.1. The van der Waals surface area contributed by atoms with Gasteiger partial charge in [0.25, 0.3) is 0 Å². The molecule has 0 fully saturated rings. The molecule has 0 aromatic heterocycles. The van der Waals surface area contributed by atoms with Crippen LogP contribution in [0.2, 0.25) is 0 Å². The van der Waals surface area contributed by atoms with Gasteiger partial charge in [-0.1, -0.05) is 117 Å². The van der Waals surface area contributed by atoms with E-state index in [-0.39, 0.29) is 0 Å². The van der Waals surface area contributed by atoms with Gasteiger partial charge in [-0.05, 0) is 12.8 Å². The number of rotatable bonds is 20. The van der Waals surface area contributed by atoms with Gasteiger partial charge in [0.1, 0.15) is 0 Å². The van der Waals surface area contributed by atoms with Crippen LogP contribution in [0.3, 0.4) is 0 Å². The summed E-state index contributed by atoms with van der Waals surface area (Å²) in [6.45, 7) is 6.74. The standard InChI is InChI=1S/C24H46O4.C4H6O4/c1-3-5-7-9-11-13-15-17-19-21-23(25)27-28-24(26)22-20-18-16-14-12-10-8-6-4-2;1-3(5)7-8-4(2)6/h3-22H2,1-2H3;1-2H3. The van der Waals surface area contributed by atoms with Crippen LogP contribution in [0.15, 0.2) is 0 Å². The average Bonchev–Trinajstić information content (AvgIpc) is 2.84. The van der Waals surface area contributed by atoms with Crippen molar-refractivity contribution in [1.29, 1.82) is 0 Å². The third-order valence-electron chi connectivity index (χ3n) is 5.47. The van der Waals surface area contributed by atoms with E-state index in [0.29, 0.717) is 12.8 Å². The molecule has 36 heavy (non-hydrogen) atoms. The number of hydrogen-bond acceptors (Lipinski definition) is 8. The Bertz CT molecular complexity index is 500. The number of carbonyl (C=O) groups is 4. The van der Waals surface area contributed by atoms with E-state index < -0.39 is 23.9 Å². The van der Waals surface area contributed by atoms with E-state index >= 15 is 0 Å². The molecule has 0 spiro atoms. The summed E-state index contributed by atoms with van der Waals surface area (Å²) >= 11 is 0. The van der Waals surface area contributed by atoms with Gasteiger partial charge in [0.2, 0.25) is 0 Å². The molecule has 0 unspecified atom stereocenters. The summed E-state index contributed by atoms with van der Waals surface area (Å²) in [5.74, 6) is -2.13. The van der Waals surface area contributed by atoms with Crippen LogP contribution in [0.25, 0.3) is 0 Å². The highest BCUT2D eigenvalue weighted by Gasteiger charge is 2.09. The molecule has 0 radical (unpaired) electrons. The smallest absolute Gasteiger partial charge is 0.248 e. The quantitative estimate of drug-likeness (QED) is 0.0914. The molecule has 0 bridgehead atoms. The Morgan fingerprint density at radius 3 is 0.889 bits per heavy atom. The lowest BCUT2D eigenvalue weighted by Gasteiger charge is -2.04. The van der Waals surface area contributed by atoms with E-state index in [0.717, 1.165) is 52.4 Å². The van der Waals surface area contributed by atoms with Crippen LogP contribution in [0.4, 0.5) is 0 Å². The number of hydrogen-bond donors (Lipinski definition) is 0. The lowest BCUT2D eigenvalue weighted by Crippen LogP contribution is -2.11. The Kier molecular flexibility index (Phi) is 29.1. The highest BCUT2D eigenvalue weighted by Crippen LogP contribution is 2.12. The van der Waals surface area contributed by atoms with Crippen molar-refractivity contribution in [3.8, 4) is 0 Å². The van der Waals surface area contributed by atoms with Crippen molar-refractivity contribution in [1.82, 2.24) is 0 Å². The highest BCUT2D eigenvalue weighted by atomic mass is 17.2. The van der Waals surface area contributed by atoms with Gasteiger partial charge in [0.05, 0.1) is 12.8 Å². The van der Waals surface area contributed by atoms with Gasteiger partial charge in [-0.15, -0.1) is 0 Å². The van der Waals surface area contributed by atoms with E-state index in [1.165, 1.54) is 77.0 Å². The third kappa shape index (κ3) is 34.0. The SMILES string of the molecule is CC(=O)OOC(C)=O.CCCCCCCCCCCC(=O)OOC(=O)CCCCCCCCCCC. The largest absolute Gasteiger partial charge is 0.355 e. The first-order valence-electron chi connectivity index (χ1n) is 14.1. The average molecular weight is 517 g/mol. The Hall–Kier alpha value is -2.12. The Morgan fingerprint density at radius 1 is 0.389 bits per heavy atom. The second-order valence-electron chi connectivity index (χ2n) is 9.22. The second-order valence-corrected chi connectivity index (χ2v) is 9.22. The molecule has 0 N–H and O–H groups in total. The third-order valence-corrected chi connectivity index (χ3v) is 5.47. The van der Waals surface area contributed by atoms with Crippen molar-refractivity contribution in [3.63, 3.8) is 0 Å². The maximum atomic E-state index is 11.6. The fourth-order valence-corrected chi connectivity index (χ4v) is 3.45. The molecule has 212 valence electrons. The van der Waals surface area contributed by atoms with Crippen molar-refractivity contribution >= 4 is 23.9 Å². The molecule has 0 aliphatic rings. The van der Waals surface area contributed by atoms with Gasteiger partial charge in [0, 0.05) is 13.8 Å². The number of carbonyl (C=O) groups excluding carboxylic acids is 4. The van der Waals surface area contributed by atoms with Crippen molar-refractivity contribution in [2.24, 2.45) is 0 Å². The molecule has 0 rings (SSSR count). The molecule has 0 amide bonds. The van der Waals surface area contributed by atoms with E-state index in [2.05, 4.69) is 33.4 Å². The Labute approximate surface area is 219 Å². The lowest BCUT2D eigenvalue weighted by molar-refractivity contribution is -0.259. The minimum absolute atomic E-state index is 0.334. The zero-order valence-corrected chi connectivity index (χ0v) is 23.4. The highest BCUT2D eigenvalue weighted by molar-refractivity contribution is 5.72. The lowest BCUT2D eigenvalue weighted by atomic mass is 10.1. The van der Waals surface area contributed by atoms with Crippen molar-refractivity contribution in [3.05, 3.63) is 0 Å². The van der Waals surface area contributed by atoms with E-state index in [1.807, 2.05) is 0 Å². The van der Waals surface area contributed by atoms with Crippen molar-refractivity contribution < 1.29 is 38.7 Å². The molecule has 0 atom stereocenters. The van der Waals surface area contributed by atoms with Gasteiger partial charge < -0.3 is 0 Å². The van der Waals surface area contributed by atoms with Gasteiger partial charge >= 0.3 is 23.9 Å². The summed E-state index contributed by atoms with van der Waals surface area (Å²) < 4.78 is 0. The Morgan fingerprint density at radius 2 is 0.639 bits per heavy atom. The molecule has 0 aromatic carbocycles. The fraction of sp³-hybridized carbons (Fsp3) is 0.857. The maximum Gasteiger partial charge on any atom is 0.355 e. The summed E-state index contributed by atoms with van der Waals surface area (Å²) in [5.41, 5.74) is 0. The molecule has 8 heteroatoms. The van der Waals surface area contributed by atoms with Gasteiger partial charge in [-0.3, -0.25) is 0 Å². The first-order valence-corrected chi connectivity index (χ1v) is 14.1. The summed E-state index contributed by atoms with van der Waals surface area (Å²) in [7, 11) is 0. The van der Waals surface area contributed by atoms with Gasteiger partial charge in [0.15, 0.2) is 0 Å². The topological polar surface area (TPSA) is 105 Å². The van der Waals surface area contributed by atoms with Crippen molar-refractivity contribution in [2.45, 2.75) is 156 Å². The van der Waals surface area contributed by atoms with E-state index in [4.69, 9.17) is 0 Å². The second kappa shape index (κ2) is 29.1. The minimum Gasteiger partial charge on any atom is -0.248 e. The fourth-order valence-electron chi connectivity index (χ4n) is 3.45. The zero-order chi connectivity index (χ0) is 27.3. The molecular weight excluding hydrogens is 464 g/mol. The first kappa shape index (κ1) is 36.0. The van der Waals surface area contributed by atoms with Crippen molar-refractivity contribution in [2.75, 3.05) is 0 Å². The van der Waals surface area contributed by atoms with Crippen LogP contribution >= 0.6 is 0 Å². The molecule has 0 aliphatic carbocycles. The van der Waals surface area contributed by atoms with Gasteiger partial charge in [-0.25, -0.2) is 38.7 Å². The molecule has 0 aliphatic heterocycles. The first-order chi connectivity index (χ1) is 17.3. The summed E-state index contributed by atoms with van der Waals surface area (Å²) in [4.78, 5) is 59.7. The summed E-state index contributed by atoms with van der Waals surface area (Å²) in [6.07, 6.45) is 22.3. The zero-order valence-electron chi connectivity index (χ0n) is 23.4. The number of unbranched alkanes of at least 4 members (excludes halogenated alkanes) is 16. The van der Waals surface area contributed by atoms with Crippen LogP contribution in [0, 0.1) is 0 Å². The van der Waals surface area contributed by atoms with Crippen LogP contribution in [0.5, 0.6) is 0 Å². The predicted octanol–water partition coefficient (Wildman–Crippen LogP) is 7.86. The minimum atomic E-state index is -0.639. The molecule has 0 saturated carbocycles. The summed E-state index contributed by atoms with van der Waals surface area (Å²) in [5, 5.41) is 0. The van der Waals surface area contributed by atoms with Crippen LogP contribution in [0.1, 0.15) is 156 Å². The predicted molar refractivity (Wildman–Crippen MR) is 139 cm³/mol. The summed E-state index contributed by atoms with van der Waals surface area (Å²) in [6, 6.07) is 0. The van der Waals surface area contributed by atoms with Gasteiger partial charge in [-0.2, -0.15) is 0 Å². The molecular formula is C28H52O8. The molecule has 0 heterocycles.